The summed E-state index contributed by atoms with van der Waals surface area (Å²) in [6, 6.07) is 0. The van der Waals surface area contributed by atoms with Gasteiger partial charge >= 0.3 is 131 Å². The summed E-state index contributed by atoms with van der Waals surface area (Å²) < 4.78 is 1.00. The quantitative estimate of drug-likeness (QED) is 0.358. The van der Waals surface area contributed by atoms with Crippen molar-refractivity contribution in [1.82, 2.24) is 0 Å². The number of aliphatic hydroxyl groups is 1. The normalized spacial score (nSPS) is 16.7. The Hall–Kier alpha value is 1.08. The Kier molecular flexibility index (Phi) is 15.4. The summed E-state index contributed by atoms with van der Waals surface area (Å²) in [5.74, 6) is 1.79. The molecule has 0 aromatic heterocycles. The van der Waals surface area contributed by atoms with Crippen molar-refractivity contribution in [1.29, 1.82) is 0 Å². The third-order valence-corrected chi connectivity index (χ3v) is 5.34. The molecular weight excluding hydrogens is 384 g/mol. The Morgan fingerprint density at radius 2 is 1.38 bits per heavy atom. The fraction of sp³-hybridized carbons (Fsp3) is 0.895. The second-order valence-corrected chi connectivity index (χ2v) is 10.2. The summed E-state index contributed by atoms with van der Waals surface area (Å²) >= 11 is 1.36. The van der Waals surface area contributed by atoms with E-state index in [1.807, 2.05) is 6.08 Å². The van der Waals surface area contributed by atoms with Gasteiger partial charge in [0, 0.05) is 0 Å². The van der Waals surface area contributed by atoms with E-state index >= 15 is 0 Å². The second-order valence-electron chi connectivity index (χ2n) is 7.10. The molecule has 123 valence electrons. The maximum atomic E-state index is 8.83. The van der Waals surface area contributed by atoms with Crippen molar-refractivity contribution in [3.8, 4) is 0 Å². The maximum absolute atomic E-state index is 8.83. The summed E-state index contributed by atoms with van der Waals surface area (Å²) in [6.45, 7) is 9.54. The third-order valence-electron chi connectivity index (χ3n) is 4.44. The Bertz CT molecular complexity index is 260. The van der Waals surface area contributed by atoms with Crippen LogP contribution in [0.5, 0.6) is 0 Å². The standard InChI is InChI=1S/C19H37O.Ce/c1-5-6-7-10-17(2)11-8-12-18(3)13-9-14-19(4)15-16-20;/h5,15,17-18,20H,6-14,16H2,1-4H3;/b19-15+;/t17-,18-;/m1./s1. The van der Waals surface area contributed by atoms with Gasteiger partial charge in [0.25, 0.3) is 0 Å². The van der Waals surface area contributed by atoms with Gasteiger partial charge in [0.05, 0.1) is 6.61 Å². The summed E-state index contributed by atoms with van der Waals surface area (Å²) in [4.78, 5) is 0. The van der Waals surface area contributed by atoms with E-state index < -0.39 is 0 Å². The molecule has 0 saturated heterocycles. The van der Waals surface area contributed by atoms with Gasteiger partial charge in [-0.25, -0.2) is 0 Å². The molecule has 1 N–H and O–H groups in total. The van der Waals surface area contributed by atoms with E-state index in [4.69, 9.17) is 5.11 Å². The fourth-order valence-corrected chi connectivity index (χ4v) is 3.50. The molecule has 1 unspecified atom stereocenters. The van der Waals surface area contributed by atoms with Gasteiger partial charge in [0.15, 0.2) is 0 Å². The van der Waals surface area contributed by atoms with Crippen molar-refractivity contribution < 1.29 is 44.8 Å². The molecule has 21 heavy (non-hydrogen) atoms. The van der Waals surface area contributed by atoms with E-state index in [0.717, 1.165) is 19.7 Å². The monoisotopic (exact) mass is 421 g/mol. The van der Waals surface area contributed by atoms with E-state index in [1.165, 1.54) is 96.6 Å². The Morgan fingerprint density at radius 1 is 0.905 bits per heavy atom. The van der Waals surface area contributed by atoms with Crippen LogP contribution in [0.25, 0.3) is 0 Å². The van der Waals surface area contributed by atoms with E-state index in [0.29, 0.717) is 0 Å². The van der Waals surface area contributed by atoms with E-state index in [2.05, 4.69) is 27.7 Å². The van der Waals surface area contributed by atoms with Gasteiger partial charge in [-0.2, -0.15) is 0 Å². The molecular formula is C19H37CeO. The molecule has 0 aliphatic rings. The van der Waals surface area contributed by atoms with Crippen molar-refractivity contribution in [2.24, 2.45) is 11.8 Å². The first-order valence-corrected chi connectivity index (χ1v) is 10.7. The van der Waals surface area contributed by atoms with Crippen LogP contribution in [0.4, 0.5) is 0 Å². The van der Waals surface area contributed by atoms with E-state index in [9.17, 15) is 0 Å². The average Bonchev–Trinajstić information content (AvgIpc) is 2.38. The van der Waals surface area contributed by atoms with Crippen LogP contribution in [0.2, 0.25) is 1.44 Å². The Morgan fingerprint density at radius 3 is 1.86 bits per heavy atom. The predicted molar refractivity (Wildman–Crippen MR) is 90.1 cm³/mol. The summed E-state index contributed by atoms with van der Waals surface area (Å²) in [7, 11) is 0. The zero-order valence-electron chi connectivity index (χ0n) is 14.8. The second kappa shape index (κ2) is 14.7. The summed E-state index contributed by atoms with van der Waals surface area (Å²) in [6.07, 6.45) is 14.3. The molecule has 0 amide bonds. The molecule has 0 aromatic carbocycles. The minimum absolute atomic E-state index is 0.193. The van der Waals surface area contributed by atoms with Crippen molar-refractivity contribution in [2.45, 2.75) is 86.9 Å². The fourth-order valence-electron chi connectivity index (χ4n) is 2.86. The molecule has 0 spiro atoms. The number of hydrogen-bond donors (Lipinski definition) is 1. The van der Waals surface area contributed by atoms with Gasteiger partial charge in [-0.15, -0.1) is 0 Å². The van der Waals surface area contributed by atoms with Crippen molar-refractivity contribution in [3.05, 3.63) is 11.6 Å². The van der Waals surface area contributed by atoms with Gasteiger partial charge in [-0.05, 0) is 6.92 Å². The first-order chi connectivity index (χ1) is 9.95. The number of rotatable bonds is 13. The SMILES string of the molecule is C/C(=C\CO)CCC[C@H](C)CCC[C@H](C)CCC[CH](C)[Ce]. The summed E-state index contributed by atoms with van der Waals surface area (Å²) in [5.41, 5.74) is 1.34. The van der Waals surface area contributed by atoms with Crippen molar-refractivity contribution in [3.63, 3.8) is 0 Å². The molecule has 0 aromatic rings. The van der Waals surface area contributed by atoms with Gasteiger partial charge in [-0.1, -0.05) is 11.6 Å². The van der Waals surface area contributed by atoms with Gasteiger partial charge in [0.1, 0.15) is 0 Å². The molecule has 0 fully saturated rings. The molecule has 0 radical (unpaired) electrons. The van der Waals surface area contributed by atoms with E-state index in [-0.39, 0.29) is 6.61 Å². The van der Waals surface area contributed by atoms with Crippen LogP contribution in [0.1, 0.15) is 85.5 Å². The van der Waals surface area contributed by atoms with Crippen molar-refractivity contribution in [2.75, 3.05) is 6.61 Å². The Balaban J connectivity index is 3.52. The van der Waals surface area contributed by atoms with Crippen molar-refractivity contribution >= 4 is 0 Å². The number of hydrogen-bond acceptors (Lipinski definition) is 1. The van der Waals surface area contributed by atoms with Gasteiger partial charge in [0.2, 0.25) is 0 Å². The molecule has 0 bridgehead atoms. The van der Waals surface area contributed by atoms with E-state index in [1.54, 1.807) is 0 Å². The molecule has 1 nitrogen and oxygen atoms in total. The van der Waals surface area contributed by atoms with Gasteiger partial charge in [-0.3, -0.25) is 0 Å². The first kappa shape index (κ1) is 22.1. The zero-order chi connectivity index (χ0) is 16.1. The Labute approximate surface area is 160 Å². The minimum atomic E-state index is 0.193. The molecule has 0 rings (SSSR count). The van der Waals surface area contributed by atoms with Crippen LogP contribution in [0, 0.1) is 51.5 Å². The first-order valence-electron chi connectivity index (χ1n) is 8.93. The topological polar surface area (TPSA) is 20.2 Å². The number of allylic oxidation sites excluding steroid dienone is 1. The average molecular weight is 422 g/mol. The van der Waals surface area contributed by atoms with Crippen LogP contribution < -0.4 is 0 Å². The van der Waals surface area contributed by atoms with Crippen LogP contribution in [-0.2, 0) is 0 Å². The molecule has 2 heteroatoms. The van der Waals surface area contributed by atoms with Crippen LogP contribution in [0.15, 0.2) is 11.6 Å². The zero-order valence-corrected chi connectivity index (χ0v) is 18.0. The van der Waals surface area contributed by atoms with Crippen LogP contribution >= 0.6 is 0 Å². The molecule has 0 heterocycles. The van der Waals surface area contributed by atoms with Crippen LogP contribution in [-0.4, -0.2) is 11.7 Å². The molecule has 0 aliphatic heterocycles. The molecule has 0 saturated carbocycles. The molecule has 3 atom stereocenters. The van der Waals surface area contributed by atoms with Gasteiger partial charge < -0.3 is 5.11 Å². The molecule has 0 aliphatic carbocycles. The third kappa shape index (κ3) is 15.7. The number of aliphatic hydroxyl groups excluding tert-OH is 1. The van der Waals surface area contributed by atoms with Crippen LogP contribution in [0.3, 0.4) is 0 Å². The predicted octanol–water partition coefficient (Wildman–Crippen LogP) is 6.07. The summed E-state index contributed by atoms with van der Waals surface area (Å²) in [5, 5.41) is 8.83.